The number of hydrogen-bond donors (Lipinski definition) is 2. The normalized spacial score (nSPS) is 15.9. The van der Waals surface area contributed by atoms with E-state index >= 15 is 0 Å². The molecule has 1 aromatic rings. The summed E-state index contributed by atoms with van der Waals surface area (Å²) in [5, 5.41) is 7.59. The van der Waals surface area contributed by atoms with Gasteiger partial charge in [-0.15, -0.1) is 11.3 Å². The Balaban J connectivity index is 1.84. The Morgan fingerprint density at radius 2 is 2.57 bits per heavy atom. The highest BCUT2D eigenvalue weighted by atomic mass is 32.1. The Labute approximate surface area is 87.5 Å². The lowest BCUT2D eigenvalue weighted by molar-refractivity contribution is 0.703. The van der Waals surface area contributed by atoms with Crippen LogP contribution in [-0.2, 0) is 6.54 Å². The van der Waals surface area contributed by atoms with Gasteiger partial charge in [0, 0.05) is 24.2 Å². The minimum atomic E-state index is 0.817. The van der Waals surface area contributed by atoms with Crippen LogP contribution in [0.1, 0.15) is 16.3 Å². The third-order valence-electron chi connectivity index (χ3n) is 2.00. The van der Waals surface area contributed by atoms with Gasteiger partial charge in [0.25, 0.3) is 0 Å². The van der Waals surface area contributed by atoms with Crippen molar-refractivity contribution in [3.63, 3.8) is 0 Å². The van der Waals surface area contributed by atoms with E-state index in [1.165, 1.54) is 4.88 Å². The Hall–Kier alpha value is -1.10. The van der Waals surface area contributed by atoms with Crippen LogP contribution < -0.4 is 10.6 Å². The summed E-state index contributed by atoms with van der Waals surface area (Å²) >= 11 is 1.72. The molecule has 2 rings (SSSR count). The van der Waals surface area contributed by atoms with Crippen molar-refractivity contribution in [2.24, 2.45) is 4.99 Å². The predicted octanol–water partition coefficient (Wildman–Crippen LogP) is 0.890. The second-order valence-corrected chi connectivity index (χ2v) is 4.53. The summed E-state index contributed by atoms with van der Waals surface area (Å²) in [7, 11) is 0. The number of nitrogens with zero attached hydrogens (tertiary/aromatic N) is 2. The Morgan fingerprint density at radius 3 is 3.21 bits per heavy atom. The maximum absolute atomic E-state index is 4.33. The second-order valence-electron chi connectivity index (χ2n) is 3.21. The summed E-state index contributed by atoms with van der Waals surface area (Å²) < 4.78 is 0. The highest BCUT2D eigenvalue weighted by Gasteiger charge is 2.03. The number of aromatic nitrogens is 1. The summed E-state index contributed by atoms with van der Waals surface area (Å²) in [6.07, 6.45) is 3.04. The second kappa shape index (κ2) is 4.41. The third-order valence-corrected chi connectivity index (χ3v) is 2.91. The van der Waals surface area contributed by atoms with Crippen LogP contribution in [0.25, 0.3) is 0 Å². The van der Waals surface area contributed by atoms with E-state index in [1.54, 1.807) is 11.3 Å². The molecule has 0 radical (unpaired) electrons. The van der Waals surface area contributed by atoms with E-state index in [-0.39, 0.29) is 0 Å². The van der Waals surface area contributed by atoms with Crippen molar-refractivity contribution in [2.45, 2.75) is 19.9 Å². The summed E-state index contributed by atoms with van der Waals surface area (Å²) in [6.45, 7) is 4.78. The average Bonchev–Trinajstić information content (AvgIpc) is 2.63. The van der Waals surface area contributed by atoms with Crippen molar-refractivity contribution in [3.05, 3.63) is 16.1 Å². The molecule has 5 heteroatoms. The molecule has 0 bridgehead atoms. The molecule has 0 saturated heterocycles. The van der Waals surface area contributed by atoms with E-state index in [0.29, 0.717) is 0 Å². The number of nitrogens with one attached hydrogen (secondary N) is 2. The first-order chi connectivity index (χ1) is 6.84. The Morgan fingerprint density at radius 1 is 1.64 bits per heavy atom. The fraction of sp³-hybridized carbons (Fsp3) is 0.556. The topological polar surface area (TPSA) is 49.3 Å². The van der Waals surface area contributed by atoms with Crippen LogP contribution in [0.3, 0.4) is 0 Å². The molecule has 1 aliphatic heterocycles. The molecule has 0 spiro atoms. The zero-order valence-electron chi connectivity index (χ0n) is 8.21. The van der Waals surface area contributed by atoms with Crippen molar-refractivity contribution in [1.29, 1.82) is 0 Å². The number of hydrogen-bond acceptors (Lipinski definition) is 5. The SMILES string of the molecule is Cc1ncc(CNC2=NCCCN2)s1. The Kier molecular flexibility index (Phi) is 2.98. The maximum Gasteiger partial charge on any atom is 0.191 e. The van der Waals surface area contributed by atoms with E-state index in [4.69, 9.17) is 0 Å². The van der Waals surface area contributed by atoms with Crippen LogP contribution >= 0.6 is 11.3 Å². The molecule has 0 unspecified atom stereocenters. The van der Waals surface area contributed by atoms with Crippen LogP contribution in [0.4, 0.5) is 0 Å². The van der Waals surface area contributed by atoms with Gasteiger partial charge in [-0.2, -0.15) is 0 Å². The van der Waals surface area contributed by atoms with E-state index < -0.39 is 0 Å². The van der Waals surface area contributed by atoms with Crippen LogP contribution in [-0.4, -0.2) is 24.0 Å². The number of aryl methyl sites for hydroxylation is 1. The van der Waals surface area contributed by atoms with Crippen LogP contribution in [0, 0.1) is 6.92 Å². The molecule has 2 N–H and O–H groups in total. The fourth-order valence-electron chi connectivity index (χ4n) is 1.31. The van der Waals surface area contributed by atoms with Crippen molar-refractivity contribution in [1.82, 2.24) is 15.6 Å². The van der Waals surface area contributed by atoms with Gasteiger partial charge < -0.3 is 10.6 Å². The molecule has 0 saturated carbocycles. The summed E-state index contributed by atoms with van der Waals surface area (Å²) in [5.41, 5.74) is 0. The van der Waals surface area contributed by atoms with Gasteiger partial charge in [-0.1, -0.05) is 0 Å². The smallest absolute Gasteiger partial charge is 0.191 e. The molecule has 76 valence electrons. The van der Waals surface area contributed by atoms with Gasteiger partial charge >= 0.3 is 0 Å². The number of guanidine groups is 1. The standard InChI is InChI=1S/C9H14N4S/c1-7-12-5-8(14-7)6-13-9-10-3-2-4-11-9/h5H,2-4,6H2,1H3,(H2,10,11,13). The molecular weight excluding hydrogens is 196 g/mol. The van der Waals surface area contributed by atoms with E-state index in [9.17, 15) is 0 Å². The first-order valence-corrected chi connectivity index (χ1v) is 5.60. The molecule has 4 nitrogen and oxygen atoms in total. The van der Waals surface area contributed by atoms with Gasteiger partial charge in [0.1, 0.15) is 0 Å². The van der Waals surface area contributed by atoms with Crippen molar-refractivity contribution >= 4 is 17.3 Å². The van der Waals surface area contributed by atoms with Crippen LogP contribution in [0.2, 0.25) is 0 Å². The lowest BCUT2D eigenvalue weighted by atomic mass is 10.4. The van der Waals surface area contributed by atoms with E-state index in [0.717, 1.165) is 37.0 Å². The van der Waals surface area contributed by atoms with Gasteiger partial charge in [0.05, 0.1) is 11.6 Å². The monoisotopic (exact) mass is 210 g/mol. The predicted molar refractivity (Wildman–Crippen MR) is 58.6 cm³/mol. The van der Waals surface area contributed by atoms with Crippen molar-refractivity contribution in [2.75, 3.05) is 13.1 Å². The first-order valence-electron chi connectivity index (χ1n) is 4.78. The first kappa shape index (κ1) is 9.45. The zero-order valence-corrected chi connectivity index (χ0v) is 9.02. The van der Waals surface area contributed by atoms with Crippen LogP contribution in [0.15, 0.2) is 11.2 Å². The quantitative estimate of drug-likeness (QED) is 0.762. The highest BCUT2D eigenvalue weighted by Crippen LogP contribution is 2.10. The molecular formula is C9H14N4S. The molecule has 1 aromatic heterocycles. The van der Waals surface area contributed by atoms with Crippen molar-refractivity contribution < 1.29 is 0 Å². The molecule has 0 atom stereocenters. The summed E-state index contributed by atoms with van der Waals surface area (Å²) in [5.74, 6) is 0.919. The summed E-state index contributed by atoms with van der Waals surface area (Å²) in [6, 6.07) is 0. The zero-order chi connectivity index (χ0) is 9.80. The number of thiazole rings is 1. The number of aliphatic imine (C=N–C) groups is 1. The minimum Gasteiger partial charge on any atom is -0.356 e. The largest absolute Gasteiger partial charge is 0.356 e. The molecule has 0 amide bonds. The fourth-order valence-corrected chi connectivity index (χ4v) is 2.04. The minimum absolute atomic E-state index is 0.817. The average molecular weight is 210 g/mol. The molecule has 0 fully saturated rings. The maximum atomic E-state index is 4.33. The van der Waals surface area contributed by atoms with E-state index in [1.807, 2.05) is 13.1 Å². The molecule has 0 aromatic carbocycles. The molecule has 0 aliphatic carbocycles. The van der Waals surface area contributed by atoms with Gasteiger partial charge in [-0.05, 0) is 13.3 Å². The molecule has 1 aliphatic rings. The van der Waals surface area contributed by atoms with Crippen molar-refractivity contribution in [3.8, 4) is 0 Å². The third kappa shape index (κ3) is 2.45. The van der Waals surface area contributed by atoms with Gasteiger partial charge in [0.15, 0.2) is 5.96 Å². The van der Waals surface area contributed by atoms with Gasteiger partial charge in [-0.3, -0.25) is 4.99 Å². The summed E-state index contributed by atoms with van der Waals surface area (Å²) in [4.78, 5) is 9.78. The van der Waals surface area contributed by atoms with Crippen LogP contribution in [0.5, 0.6) is 0 Å². The lowest BCUT2D eigenvalue weighted by Crippen LogP contribution is -2.40. The lowest BCUT2D eigenvalue weighted by Gasteiger charge is -2.15. The Bertz CT molecular complexity index is 331. The highest BCUT2D eigenvalue weighted by molar-refractivity contribution is 7.11. The van der Waals surface area contributed by atoms with Gasteiger partial charge in [-0.25, -0.2) is 4.98 Å². The number of rotatable bonds is 2. The van der Waals surface area contributed by atoms with Gasteiger partial charge in [0.2, 0.25) is 0 Å². The van der Waals surface area contributed by atoms with E-state index in [2.05, 4.69) is 20.6 Å². The molecule has 2 heterocycles. The molecule has 14 heavy (non-hydrogen) atoms.